The Kier molecular flexibility index (Phi) is 9.15. The number of nitrogens with zero attached hydrogens (tertiary/aromatic N) is 3. The number of alkyl halides is 5. The second-order valence-electron chi connectivity index (χ2n) is 13.0. The van der Waals surface area contributed by atoms with Crippen LogP contribution in [0.4, 0.5) is 39.3 Å². The first-order chi connectivity index (χ1) is 21.3. The minimum Gasteiger partial charge on any atom is -0.371 e. The molecule has 3 aromatic rings. The summed E-state index contributed by atoms with van der Waals surface area (Å²) in [5, 5.41) is 9.18. The van der Waals surface area contributed by atoms with Crippen LogP contribution in [0, 0.1) is 11.3 Å². The Morgan fingerprint density at radius 1 is 1.07 bits per heavy atom. The van der Waals surface area contributed by atoms with E-state index in [0.717, 1.165) is 0 Å². The molecular formula is C31H35Cl2F5N6O2. The third-order valence-electron chi connectivity index (χ3n) is 8.50. The Morgan fingerprint density at radius 3 is 2.30 bits per heavy atom. The first-order valence-electron chi connectivity index (χ1n) is 14.9. The van der Waals surface area contributed by atoms with Crippen molar-refractivity contribution in [2.24, 2.45) is 18.4 Å². The number of anilines is 3. The van der Waals surface area contributed by atoms with Gasteiger partial charge in [-0.15, -0.1) is 0 Å². The standard InChI is InChI=1S/C31H35Cl2F5N6O2/c1-29(2,3)27(46)39-15-16-5-6-20(32)25(24(16)33)42-28-41-21-11-19(26(45)40-18-13-30(34,35)14-18)22(12-23(21)43(28)4)44-9-7-17(8-10-44)31(36,37)38/h5-6,11-12,17-18H,7-10,13-15H2,1-4H3,(H,39,46)(H,40,45)(H,41,42). The zero-order valence-electron chi connectivity index (χ0n) is 25.7. The fourth-order valence-corrected chi connectivity index (χ4v) is 6.19. The van der Waals surface area contributed by atoms with Crippen LogP contribution in [-0.4, -0.2) is 52.6 Å². The number of aryl methyl sites for hydroxylation is 1. The Balaban J connectivity index is 1.47. The van der Waals surface area contributed by atoms with Gasteiger partial charge in [0.15, 0.2) is 0 Å². The highest BCUT2D eigenvalue weighted by Gasteiger charge is 2.46. The molecule has 2 aliphatic rings. The van der Waals surface area contributed by atoms with E-state index < -0.39 is 48.2 Å². The number of aromatic nitrogens is 2. The summed E-state index contributed by atoms with van der Waals surface area (Å²) in [6, 6.07) is 5.80. The Labute approximate surface area is 273 Å². The molecule has 2 heterocycles. The molecule has 0 spiro atoms. The largest absolute Gasteiger partial charge is 0.391 e. The second-order valence-corrected chi connectivity index (χ2v) is 13.8. The van der Waals surface area contributed by atoms with Crippen molar-refractivity contribution >= 4 is 63.4 Å². The number of nitrogens with one attached hydrogen (secondary N) is 3. The van der Waals surface area contributed by atoms with Crippen molar-refractivity contribution in [1.82, 2.24) is 20.2 Å². The van der Waals surface area contributed by atoms with Gasteiger partial charge in [0.2, 0.25) is 11.9 Å². The van der Waals surface area contributed by atoms with Gasteiger partial charge in [-0.05, 0) is 36.6 Å². The molecule has 250 valence electrons. The van der Waals surface area contributed by atoms with Crippen LogP contribution in [0.25, 0.3) is 11.0 Å². The highest BCUT2D eigenvalue weighted by molar-refractivity contribution is 6.39. The number of halogens is 7. The van der Waals surface area contributed by atoms with Crippen molar-refractivity contribution in [2.75, 3.05) is 23.3 Å². The molecule has 0 bridgehead atoms. The fourth-order valence-electron chi connectivity index (χ4n) is 5.66. The number of rotatable bonds is 7. The molecule has 15 heteroatoms. The summed E-state index contributed by atoms with van der Waals surface area (Å²) in [4.78, 5) is 32.1. The van der Waals surface area contributed by atoms with Gasteiger partial charge in [0.1, 0.15) is 0 Å². The summed E-state index contributed by atoms with van der Waals surface area (Å²) in [7, 11) is 1.71. The highest BCUT2D eigenvalue weighted by Crippen LogP contribution is 2.40. The van der Waals surface area contributed by atoms with Gasteiger partial charge in [-0.25, -0.2) is 13.8 Å². The lowest BCUT2D eigenvalue weighted by molar-refractivity contribution is -0.179. The molecule has 0 atom stereocenters. The molecule has 8 nitrogen and oxygen atoms in total. The Morgan fingerprint density at radius 2 is 1.72 bits per heavy atom. The monoisotopic (exact) mass is 688 g/mol. The molecule has 1 aromatic heterocycles. The number of imidazole rings is 1. The molecule has 1 aliphatic heterocycles. The predicted octanol–water partition coefficient (Wildman–Crippen LogP) is 7.59. The van der Waals surface area contributed by atoms with Gasteiger partial charge in [-0.1, -0.05) is 50.0 Å². The maximum atomic E-state index is 13.5. The van der Waals surface area contributed by atoms with E-state index in [9.17, 15) is 31.5 Å². The van der Waals surface area contributed by atoms with Crippen LogP contribution in [0.2, 0.25) is 10.0 Å². The summed E-state index contributed by atoms with van der Waals surface area (Å²) in [6.07, 6.45) is -5.55. The molecule has 1 saturated heterocycles. The topological polar surface area (TPSA) is 91.3 Å². The number of piperidine rings is 1. The van der Waals surface area contributed by atoms with E-state index in [1.807, 2.05) is 0 Å². The molecule has 2 aromatic carbocycles. The molecule has 5 rings (SSSR count). The van der Waals surface area contributed by atoms with Gasteiger partial charge < -0.3 is 25.4 Å². The average molecular weight is 690 g/mol. The van der Waals surface area contributed by atoms with Gasteiger partial charge in [0, 0.05) is 51.0 Å². The summed E-state index contributed by atoms with van der Waals surface area (Å²) < 4.78 is 68.8. The van der Waals surface area contributed by atoms with Crippen molar-refractivity contribution in [3.05, 3.63) is 45.4 Å². The summed E-state index contributed by atoms with van der Waals surface area (Å²) in [5.41, 5.74) is 1.80. The minimum absolute atomic E-state index is 0.0597. The lowest BCUT2D eigenvalue weighted by Gasteiger charge is -2.37. The minimum atomic E-state index is -4.31. The second kappa shape index (κ2) is 12.4. The first-order valence-corrected chi connectivity index (χ1v) is 15.6. The van der Waals surface area contributed by atoms with Crippen LogP contribution >= 0.6 is 23.2 Å². The molecule has 3 N–H and O–H groups in total. The molecule has 1 saturated carbocycles. The van der Waals surface area contributed by atoms with Gasteiger partial charge in [-0.2, -0.15) is 13.2 Å². The number of hydrogen-bond acceptors (Lipinski definition) is 5. The zero-order valence-corrected chi connectivity index (χ0v) is 27.2. The van der Waals surface area contributed by atoms with Crippen LogP contribution in [0.3, 0.4) is 0 Å². The third-order valence-corrected chi connectivity index (χ3v) is 9.24. The van der Waals surface area contributed by atoms with Crippen LogP contribution in [0.15, 0.2) is 24.3 Å². The van der Waals surface area contributed by atoms with E-state index in [2.05, 4.69) is 20.9 Å². The third kappa shape index (κ3) is 7.15. The van der Waals surface area contributed by atoms with Crippen molar-refractivity contribution in [3.8, 4) is 0 Å². The van der Waals surface area contributed by atoms with Gasteiger partial charge in [0.05, 0.1) is 43.9 Å². The van der Waals surface area contributed by atoms with Crippen molar-refractivity contribution in [3.63, 3.8) is 0 Å². The molecule has 0 radical (unpaired) electrons. The van der Waals surface area contributed by atoms with Crippen molar-refractivity contribution in [1.29, 1.82) is 0 Å². The summed E-state index contributed by atoms with van der Waals surface area (Å²) >= 11 is 13.2. The molecule has 46 heavy (non-hydrogen) atoms. The number of amides is 2. The molecule has 1 aliphatic carbocycles. The van der Waals surface area contributed by atoms with Crippen LogP contribution < -0.4 is 20.9 Å². The normalized spacial score (nSPS) is 17.6. The lowest BCUT2D eigenvalue weighted by Crippen LogP contribution is -2.50. The quantitative estimate of drug-likeness (QED) is 0.223. The van der Waals surface area contributed by atoms with E-state index in [4.69, 9.17) is 23.2 Å². The number of fused-ring (bicyclic) bond motifs is 1. The molecular weight excluding hydrogens is 654 g/mol. The van der Waals surface area contributed by atoms with Gasteiger partial charge in [0.25, 0.3) is 11.8 Å². The number of benzene rings is 2. The smallest absolute Gasteiger partial charge is 0.371 e. The Hall–Kier alpha value is -3.32. The zero-order chi connectivity index (χ0) is 33.8. The maximum absolute atomic E-state index is 13.5. The van der Waals surface area contributed by atoms with E-state index in [1.54, 1.807) is 55.5 Å². The average Bonchev–Trinajstić information content (AvgIpc) is 3.26. The van der Waals surface area contributed by atoms with Crippen LogP contribution in [0.5, 0.6) is 0 Å². The maximum Gasteiger partial charge on any atom is 0.391 e. The van der Waals surface area contributed by atoms with Crippen molar-refractivity contribution < 1.29 is 31.5 Å². The van der Waals surface area contributed by atoms with Gasteiger partial charge in [-0.3, -0.25) is 9.59 Å². The predicted molar refractivity (Wildman–Crippen MR) is 168 cm³/mol. The number of hydrogen-bond donors (Lipinski definition) is 3. The highest BCUT2D eigenvalue weighted by atomic mass is 35.5. The fraction of sp³-hybridized carbons (Fsp3) is 0.516. The first kappa shape index (κ1) is 34.0. The van der Waals surface area contributed by atoms with E-state index in [1.165, 1.54) is 6.07 Å². The number of carbonyl (C=O) groups is 2. The molecule has 2 amide bonds. The molecule has 2 fully saturated rings. The molecule has 0 unspecified atom stereocenters. The summed E-state index contributed by atoms with van der Waals surface area (Å²) in [5.74, 6) is -4.75. The van der Waals surface area contributed by atoms with E-state index in [0.29, 0.717) is 33.9 Å². The van der Waals surface area contributed by atoms with Crippen LogP contribution in [0.1, 0.15) is 62.4 Å². The van der Waals surface area contributed by atoms with E-state index >= 15 is 0 Å². The SMILES string of the molecule is Cn1c(Nc2c(Cl)ccc(CNC(=O)C(C)(C)C)c2Cl)nc2cc(C(=O)NC3CC(F)(F)C3)c(N3CCC(C(F)(F)F)CC3)cc21. The lowest BCUT2D eigenvalue weighted by atomic mass is 9.88. The van der Waals surface area contributed by atoms with Crippen LogP contribution in [-0.2, 0) is 18.4 Å². The van der Waals surface area contributed by atoms with Gasteiger partial charge >= 0.3 is 6.18 Å². The summed E-state index contributed by atoms with van der Waals surface area (Å²) in [6.45, 7) is 5.65. The number of carbonyl (C=O) groups excluding carboxylic acids is 2. The Bertz CT molecular complexity index is 1650. The van der Waals surface area contributed by atoms with E-state index in [-0.39, 0.29) is 54.0 Å². The van der Waals surface area contributed by atoms with Crippen molar-refractivity contribution in [2.45, 2.75) is 71.1 Å².